The zero-order valence-electron chi connectivity index (χ0n) is 11.3. The lowest BCUT2D eigenvalue weighted by Gasteiger charge is -2.16. The molecule has 1 aromatic carbocycles. The summed E-state index contributed by atoms with van der Waals surface area (Å²) in [6, 6.07) is 3.88. The van der Waals surface area contributed by atoms with Gasteiger partial charge >= 0.3 is 0 Å². The Hall–Kier alpha value is -0.960. The maximum Gasteiger partial charge on any atom is 0.126 e. The van der Waals surface area contributed by atoms with Gasteiger partial charge in [-0.2, -0.15) is 0 Å². The Bertz CT molecular complexity index is 352. The Kier molecular flexibility index (Phi) is 6.88. The van der Waals surface area contributed by atoms with Gasteiger partial charge in [0.25, 0.3) is 0 Å². The van der Waals surface area contributed by atoms with Crippen LogP contribution >= 0.6 is 0 Å². The number of benzene rings is 1. The third-order valence-electron chi connectivity index (χ3n) is 3.29. The third-order valence-corrected chi connectivity index (χ3v) is 3.29. The lowest BCUT2D eigenvalue weighted by molar-refractivity contribution is 0.473. The molecule has 0 bridgehead atoms. The van der Waals surface area contributed by atoms with Gasteiger partial charge in [-0.1, -0.05) is 32.6 Å². The average molecular weight is 255 g/mol. The fourth-order valence-electron chi connectivity index (χ4n) is 2.13. The predicted octanol–water partition coefficient (Wildman–Crippen LogP) is 4.07. The minimum atomic E-state index is -0.368. The number of halogens is 2. The molecule has 0 saturated carbocycles. The smallest absolute Gasteiger partial charge is 0.126 e. The van der Waals surface area contributed by atoms with Gasteiger partial charge in [-0.3, -0.25) is 0 Å². The van der Waals surface area contributed by atoms with E-state index >= 15 is 0 Å². The Labute approximate surface area is 109 Å². The molecular weight excluding hydrogens is 232 g/mol. The number of unbranched alkanes of at least 4 members (excludes halogenated alkanes) is 3. The molecule has 0 radical (unpaired) electrons. The first-order valence-corrected chi connectivity index (χ1v) is 6.78. The van der Waals surface area contributed by atoms with Gasteiger partial charge in [0.05, 0.1) is 0 Å². The molecule has 0 aliphatic rings. The van der Waals surface area contributed by atoms with Gasteiger partial charge in [-0.15, -0.1) is 0 Å². The second-order valence-corrected chi connectivity index (χ2v) is 4.77. The van der Waals surface area contributed by atoms with E-state index in [1.54, 1.807) is 0 Å². The van der Waals surface area contributed by atoms with E-state index in [9.17, 15) is 8.78 Å². The summed E-state index contributed by atoms with van der Waals surface area (Å²) in [5.74, 6) is -0.683. The Morgan fingerprint density at radius 3 is 2.61 bits per heavy atom. The highest BCUT2D eigenvalue weighted by Gasteiger charge is 2.11. The topological polar surface area (TPSA) is 12.0 Å². The van der Waals surface area contributed by atoms with Gasteiger partial charge in [-0.25, -0.2) is 8.78 Å². The molecule has 1 N–H and O–H groups in total. The summed E-state index contributed by atoms with van der Waals surface area (Å²) in [7, 11) is 1.88. The van der Waals surface area contributed by atoms with Crippen molar-refractivity contribution in [2.24, 2.45) is 0 Å². The van der Waals surface area contributed by atoms with Crippen LogP contribution in [0.4, 0.5) is 8.78 Å². The van der Waals surface area contributed by atoms with Crippen LogP contribution in [0.1, 0.15) is 44.6 Å². The first kappa shape index (κ1) is 15.1. The van der Waals surface area contributed by atoms with Gasteiger partial charge < -0.3 is 5.32 Å². The van der Waals surface area contributed by atoms with Crippen LogP contribution in [0.15, 0.2) is 18.2 Å². The Morgan fingerprint density at radius 1 is 1.17 bits per heavy atom. The van der Waals surface area contributed by atoms with Gasteiger partial charge in [0, 0.05) is 6.04 Å². The third kappa shape index (κ3) is 5.13. The highest BCUT2D eigenvalue weighted by atomic mass is 19.1. The van der Waals surface area contributed by atoms with Crippen molar-refractivity contribution in [3.05, 3.63) is 35.4 Å². The zero-order valence-corrected chi connectivity index (χ0v) is 11.3. The molecule has 1 atom stereocenters. The van der Waals surface area contributed by atoms with Gasteiger partial charge in [0.2, 0.25) is 0 Å². The van der Waals surface area contributed by atoms with Crippen LogP contribution in [0.5, 0.6) is 0 Å². The molecule has 0 aliphatic heterocycles. The van der Waals surface area contributed by atoms with Crippen LogP contribution < -0.4 is 5.32 Å². The molecule has 0 aliphatic carbocycles. The summed E-state index contributed by atoms with van der Waals surface area (Å²) < 4.78 is 26.6. The van der Waals surface area contributed by atoms with Crippen LogP contribution in [0.25, 0.3) is 0 Å². The summed E-state index contributed by atoms with van der Waals surface area (Å²) >= 11 is 0. The largest absolute Gasteiger partial charge is 0.317 e. The summed E-state index contributed by atoms with van der Waals surface area (Å²) in [5, 5.41) is 3.19. The van der Waals surface area contributed by atoms with Crippen LogP contribution in [-0.4, -0.2) is 13.1 Å². The number of hydrogen-bond donors (Lipinski definition) is 1. The van der Waals surface area contributed by atoms with E-state index in [0.717, 1.165) is 18.9 Å². The van der Waals surface area contributed by atoms with E-state index in [1.807, 2.05) is 7.05 Å². The molecule has 0 amide bonds. The molecule has 1 unspecified atom stereocenters. The number of rotatable bonds is 8. The maximum atomic E-state index is 13.5. The SMILES string of the molecule is CCCCCCC(Cc1cc(F)ccc1F)NC. The second-order valence-electron chi connectivity index (χ2n) is 4.77. The summed E-state index contributed by atoms with van der Waals surface area (Å²) in [6.07, 6.45) is 6.35. The van der Waals surface area contributed by atoms with Crippen molar-refractivity contribution in [2.75, 3.05) is 7.05 Å². The van der Waals surface area contributed by atoms with Crippen molar-refractivity contribution in [3.63, 3.8) is 0 Å². The first-order chi connectivity index (χ1) is 8.67. The van der Waals surface area contributed by atoms with Crippen LogP contribution in [0.3, 0.4) is 0 Å². The molecule has 1 nitrogen and oxygen atoms in total. The standard InChI is InChI=1S/C15H23F2N/c1-3-4-5-6-7-14(18-2)11-12-10-13(16)8-9-15(12)17/h8-10,14,18H,3-7,11H2,1-2H3. The van der Waals surface area contributed by atoms with E-state index in [0.29, 0.717) is 12.0 Å². The minimum Gasteiger partial charge on any atom is -0.317 e. The molecule has 18 heavy (non-hydrogen) atoms. The molecule has 1 aromatic rings. The number of nitrogens with one attached hydrogen (secondary N) is 1. The van der Waals surface area contributed by atoms with Crippen LogP contribution in [0, 0.1) is 11.6 Å². The first-order valence-electron chi connectivity index (χ1n) is 6.78. The van der Waals surface area contributed by atoms with Crippen molar-refractivity contribution < 1.29 is 8.78 Å². The van der Waals surface area contributed by atoms with Gasteiger partial charge in [0.1, 0.15) is 11.6 Å². The summed E-state index contributed by atoms with van der Waals surface area (Å²) in [5.41, 5.74) is 0.463. The van der Waals surface area contributed by atoms with Crippen molar-refractivity contribution in [1.29, 1.82) is 0 Å². The minimum absolute atomic E-state index is 0.221. The maximum absolute atomic E-state index is 13.5. The fraction of sp³-hybridized carbons (Fsp3) is 0.600. The highest BCUT2D eigenvalue weighted by molar-refractivity contribution is 5.19. The van der Waals surface area contributed by atoms with E-state index in [-0.39, 0.29) is 17.7 Å². The Balaban J connectivity index is 2.48. The van der Waals surface area contributed by atoms with E-state index < -0.39 is 0 Å². The molecule has 0 heterocycles. The molecule has 0 saturated heterocycles. The lowest BCUT2D eigenvalue weighted by Crippen LogP contribution is -2.27. The Morgan fingerprint density at radius 2 is 1.94 bits per heavy atom. The molecular formula is C15H23F2N. The van der Waals surface area contributed by atoms with Crippen molar-refractivity contribution in [3.8, 4) is 0 Å². The van der Waals surface area contributed by atoms with E-state index in [1.165, 1.54) is 31.4 Å². The average Bonchev–Trinajstić information content (AvgIpc) is 2.37. The van der Waals surface area contributed by atoms with Crippen molar-refractivity contribution in [2.45, 2.75) is 51.5 Å². The molecule has 0 spiro atoms. The molecule has 1 rings (SSSR count). The summed E-state index contributed by atoms with van der Waals surface area (Å²) in [4.78, 5) is 0. The zero-order chi connectivity index (χ0) is 13.4. The van der Waals surface area contributed by atoms with E-state index in [2.05, 4.69) is 12.2 Å². The van der Waals surface area contributed by atoms with Crippen LogP contribution in [0.2, 0.25) is 0 Å². The van der Waals surface area contributed by atoms with Crippen LogP contribution in [-0.2, 0) is 6.42 Å². The lowest BCUT2D eigenvalue weighted by atomic mass is 10.00. The molecule has 102 valence electrons. The van der Waals surface area contributed by atoms with Crippen molar-refractivity contribution in [1.82, 2.24) is 5.32 Å². The monoisotopic (exact) mass is 255 g/mol. The summed E-state index contributed by atoms with van der Waals surface area (Å²) in [6.45, 7) is 2.18. The molecule has 3 heteroatoms. The van der Waals surface area contributed by atoms with Crippen molar-refractivity contribution >= 4 is 0 Å². The highest BCUT2D eigenvalue weighted by Crippen LogP contribution is 2.15. The van der Waals surface area contributed by atoms with Gasteiger partial charge in [-0.05, 0) is 43.7 Å². The number of likely N-dealkylation sites (N-methyl/N-ethyl adjacent to an activating group) is 1. The molecule has 0 aromatic heterocycles. The second kappa shape index (κ2) is 8.20. The molecule has 0 fully saturated rings. The fourth-order valence-corrected chi connectivity index (χ4v) is 2.13. The van der Waals surface area contributed by atoms with E-state index in [4.69, 9.17) is 0 Å². The predicted molar refractivity (Wildman–Crippen MR) is 71.7 cm³/mol. The van der Waals surface area contributed by atoms with Gasteiger partial charge in [0.15, 0.2) is 0 Å². The normalized spacial score (nSPS) is 12.7. The number of hydrogen-bond acceptors (Lipinski definition) is 1. The quantitative estimate of drug-likeness (QED) is 0.691.